The van der Waals surface area contributed by atoms with Crippen molar-refractivity contribution in [3.05, 3.63) is 57.7 Å². The van der Waals surface area contributed by atoms with Crippen LogP contribution in [0.5, 0.6) is 0 Å². The molecule has 190 valence electrons. The van der Waals surface area contributed by atoms with Crippen LogP contribution in [-0.4, -0.2) is 6.61 Å². The van der Waals surface area contributed by atoms with Crippen LogP contribution in [-0.2, 0) is 10.8 Å². The second-order valence-corrected chi connectivity index (χ2v) is 13.1. The lowest BCUT2D eigenvalue weighted by Crippen LogP contribution is -2.12. The van der Waals surface area contributed by atoms with E-state index >= 15 is 0 Å². The zero-order valence-corrected chi connectivity index (χ0v) is 24.4. The Bertz CT molecular complexity index is 1220. The first-order valence-corrected chi connectivity index (χ1v) is 13.8. The molecular formula is C31H43O3P. The Labute approximate surface area is 212 Å². The van der Waals surface area contributed by atoms with Gasteiger partial charge in [0.05, 0.1) is 6.61 Å². The molecule has 0 aliphatic carbocycles. The molecule has 4 heteroatoms. The van der Waals surface area contributed by atoms with Gasteiger partial charge in [-0.2, -0.15) is 0 Å². The van der Waals surface area contributed by atoms with Crippen molar-refractivity contribution in [2.24, 2.45) is 0 Å². The summed E-state index contributed by atoms with van der Waals surface area (Å²) in [7, 11) is -1.59. The molecule has 0 N–H and O–H groups in total. The summed E-state index contributed by atoms with van der Waals surface area (Å²) in [6.07, 6.45) is 5.38. The first-order valence-electron chi connectivity index (χ1n) is 12.7. The van der Waals surface area contributed by atoms with E-state index in [0.29, 0.717) is 6.61 Å². The number of allylic oxidation sites excluding steroid dienone is 2. The van der Waals surface area contributed by atoms with E-state index in [1.807, 2.05) is 0 Å². The van der Waals surface area contributed by atoms with E-state index in [1.165, 1.54) is 22.3 Å². The molecule has 0 saturated carbocycles. The highest BCUT2D eigenvalue weighted by atomic mass is 31.1. The van der Waals surface area contributed by atoms with Gasteiger partial charge in [-0.1, -0.05) is 71.8 Å². The quantitative estimate of drug-likeness (QED) is 0.354. The van der Waals surface area contributed by atoms with Gasteiger partial charge in [0.25, 0.3) is 0 Å². The second kappa shape index (κ2) is 10.4. The molecule has 0 radical (unpaired) electrons. The summed E-state index contributed by atoms with van der Waals surface area (Å²) in [5.41, 5.74) is 8.72. The van der Waals surface area contributed by atoms with Crippen molar-refractivity contribution in [1.82, 2.24) is 0 Å². The predicted molar refractivity (Wildman–Crippen MR) is 154 cm³/mol. The third kappa shape index (κ3) is 6.51. The summed E-state index contributed by atoms with van der Waals surface area (Å²) >= 11 is 0. The molecule has 0 spiro atoms. The summed E-state index contributed by atoms with van der Waals surface area (Å²) in [4.78, 5) is 0. The molecule has 1 heterocycles. The van der Waals surface area contributed by atoms with E-state index in [1.54, 1.807) is 0 Å². The fraction of sp³-hybridized carbons (Fsp3) is 0.484. The van der Waals surface area contributed by atoms with Gasteiger partial charge >= 0.3 is 8.24 Å². The van der Waals surface area contributed by atoms with Gasteiger partial charge in [-0.15, -0.1) is 0 Å². The normalized spacial score (nSPS) is 12.2. The van der Waals surface area contributed by atoms with E-state index in [2.05, 4.69) is 113 Å². The lowest BCUT2D eigenvalue weighted by atomic mass is 9.82. The fourth-order valence-corrected chi connectivity index (χ4v) is 5.40. The molecule has 3 aromatic rings. The number of rotatable bonds is 5. The van der Waals surface area contributed by atoms with Crippen LogP contribution in [0.3, 0.4) is 0 Å². The first kappa shape index (κ1) is 27.4. The third-order valence-corrected chi connectivity index (χ3v) is 6.83. The molecule has 35 heavy (non-hydrogen) atoms. The number of benzene rings is 2. The highest BCUT2D eigenvalue weighted by Crippen LogP contribution is 2.43. The van der Waals surface area contributed by atoms with Crippen LogP contribution in [0.15, 0.2) is 43.8 Å². The maximum atomic E-state index is 6.63. The van der Waals surface area contributed by atoms with Gasteiger partial charge in [-0.25, -0.2) is 0 Å². The van der Waals surface area contributed by atoms with Crippen LogP contribution in [0.4, 0.5) is 0 Å². The zero-order chi connectivity index (χ0) is 26.1. The molecule has 0 saturated heterocycles. The predicted octanol–water partition coefficient (Wildman–Crippen LogP) is 10.6. The van der Waals surface area contributed by atoms with Gasteiger partial charge in [0.15, 0.2) is 0 Å². The maximum Gasteiger partial charge on any atom is 0.387 e. The fourth-order valence-electron chi connectivity index (χ4n) is 4.23. The van der Waals surface area contributed by atoms with Crippen molar-refractivity contribution >= 4 is 42.3 Å². The van der Waals surface area contributed by atoms with Gasteiger partial charge in [0.2, 0.25) is 0 Å². The SMILES string of the molecule is CCCOp1oc2c(C(C)(C)C)cc(C=C(C)C)cc2c2cc(C=C(C)C)cc(C(C)(C)C)c2o1. The molecule has 3 nitrogen and oxygen atoms in total. The lowest BCUT2D eigenvalue weighted by Gasteiger charge is -2.22. The molecule has 0 aliphatic heterocycles. The van der Waals surface area contributed by atoms with Crippen LogP contribution in [0.2, 0.25) is 0 Å². The van der Waals surface area contributed by atoms with Gasteiger partial charge in [-0.05, 0) is 80.3 Å². The van der Waals surface area contributed by atoms with Gasteiger partial charge in [0, 0.05) is 21.9 Å². The Morgan fingerprint density at radius 2 is 1.14 bits per heavy atom. The van der Waals surface area contributed by atoms with E-state index in [-0.39, 0.29) is 10.8 Å². The van der Waals surface area contributed by atoms with Crippen molar-refractivity contribution in [2.45, 2.75) is 93.4 Å². The van der Waals surface area contributed by atoms with Crippen molar-refractivity contribution in [3.63, 3.8) is 0 Å². The van der Waals surface area contributed by atoms with Crippen molar-refractivity contribution in [2.75, 3.05) is 6.61 Å². The Hall–Kier alpha value is -2.22. The maximum absolute atomic E-state index is 6.63. The van der Waals surface area contributed by atoms with Crippen molar-refractivity contribution in [3.8, 4) is 0 Å². The molecule has 2 aromatic carbocycles. The van der Waals surface area contributed by atoms with E-state index in [4.69, 9.17) is 12.9 Å². The largest absolute Gasteiger partial charge is 0.399 e. The average molecular weight is 495 g/mol. The lowest BCUT2D eigenvalue weighted by molar-refractivity contribution is 0.370. The van der Waals surface area contributed by atoms with Gasteiger partial charge in [-0.3, -0.25) is 4.52 Å². The van der Waals surface area contributed by atoms with Crippen molar-refractivity contribution in [1.29, 1.82) is 0 Å². The highest BCUT2D eigenvalue weighted by molar-refractivity contribution is 7.31. The highest BCUT2D eigenvalue weighted by Gasteiger charge is 2.25. The molecule has 0 atom stereocenters. The molecule has 0 bridgehead atoms. The molecule has 0 unspecified atom stereocenters. The van der Waals surface area contributed by atoms with Crippen LogP contribution >= 0.6 is 8.24 Å². The van der Waals surface area contributed by atoms with Crippen LogP contribution < -0.4 is 4.52 Å². The summed E-state index contributed by atoms with van der Waals surface area (Å²) in [6.45, 7) is 24.7. The minimum Gasteiger partial charge on any atom is -0.399 e. The van der Waals surface area contributed by atoms with Gasteiger partial charge in [0.1, 0.15) is 11.2 Å². The summed E-state index contributed by atoms with van der Waals surface area (Å²) in [5, 5.41) is 2.14. The van der Waals surface area contributed by atoms with Gasteiger partial charge < -0.3 is 8.39 Å². The summed E-state index contributed by atoms with van der Waals surface area (Å²) < 4.78 is 19.4. The molecular weight excluding hydrogens is 451 g/mol. The van der Waals surface area contributed by atoms with E-state index in [0.717, 1.165) is 39.5 Å². The number of hydrogen-bond acceptors (Lipinski definition) is 3. The topological polar surface area (TPSA) is 35.5 Å². The zero-order valence-electron chi connectivity index (χ0n) is 23.6. The minimum absolute atomic E-state index is 0.115. The Morgan fingerprint density at radius 1 is 0.743 bits per heavy atom. The number of fused-ring (bicyclic) bond motifs is 3. The average Bonchev–Trinajstić information content (AvgIpc) is 2.85. The first-order chi connectivity index (χ1) is 16.2. The third-order valence-electron chi connectivity index (χ3n) is 5.77. The summed E-state index contributed by atoms with van der Waals surface area (Å²) in [6, 6.07) is 9.01. The Morgan fingerprint density at radius 3 is 1.46 bits per heavy atom. The smallest absolute Gasteiger partial charge is 0.387 e. The monoisotopic (exact) mass is 494 g/mol. The molecule has 1 aromatic heterocycles. The Kier molecular flexibility index (Phi) is 8.14. The van der Waals surface area contributed by atoms with E-state index in [9.17, 15) is 0 Å². The molecule has 0 amide bonds. The minimum atomic E-state index is -1.59. The van der Waals surface area contributed by atoms with Crippen LogP contribution in [0.25, 0.3) is 34.1 Å². The molecule has 3 rings (SSSR count). The summed E-state index contributed by atoms with van der Waals surface area (Å²) in [5.74, 6) is 0. The Balaban J connectivity index is 2.69. The van der Waals surface area contributed by atoms with Crippen LogP contribution in [0, 0.1) is 0 Å². The number of hydrogen-bond donors (Lipinski definition) is 0. The standard InChI is InChI=1S/C31H43O3P/c1-12-13-32-35-33-28-24(16-22(14-20(2)3)18-26(28)30(6,7)8)25-17-23(15-21(4)5)19-27(29(25)34-35)31(9,10)11/h14-19H,12-13H2,1-11H3. The second-order valence-electron chi connectivity index (χ2n) is 12.1. The van der Waals surface area contributed by atoms with Crippen molar-refractivity contribution < 1.29 is 12.9 Å². The van der Waals surface area contributed by atoms with Crippen LogP contribution in [0.1, 0.15) is 105 Å². The molecule has 0 fully saturated rings. The van der Waals surface area contributed by atoms with E-state index < -0.39 is 8.24 Å². The molecule has 0 aliphatic rings.